The lowest BCUT2D eigenvalue weighted by Crippen LogP contribution is -2.70. The van der Waals surface area contributed by atoms with E-state index in [0.717, 1.165) is 5.56 Å². The van der Waals surface area contributed by atoms with Crippen molar-refractivity contribution >= 4 is 17.5 Å². The summed E-state index contributed by atoms with van der Waals surface area (Å²) >= 11 is 0. The van der Waals surface area contributed by atoms with Crippen molar-refractivity contribution < 1.29 is 33.7 Å². The molecular formula is C31H37FO6. The Balaban J connectivity index is 1.57. The van der Waals surface area contributed by atoms with E-state index in [0.29, 0.717) is 24.8 Å². The molecule has 4 aliphatic carbocycles. The zero-order valence-electron chi connectivity index (χ0n) is 22.4. The van der Waals surface area contributed by atoms with E-state index in [-0.39, 0.29) is 18.1 Å². The lowest BCUT2D eigenvalue weighted by atomic mass is 9.44. The molecule has 6 nitrogen and oxygen atoms in total. The molecule has 3 saturated carbocycles. The van der Waals surface area contributed by atoms with Crippen LogP contribution in [0.3, 0.4) is 0 Å². The number of alkyl halides is 1. The zero-order chi connectivity index (χ0) is 27.7. The van der Waals surface area contributed by atoms with Gasteiger partial charge in [0, 0.05) is 22.7 Å². The van der Waals surface area contributed by atoms with Gasteiger partial charge in [-0.15, -0.1) is 0 Å². The van der Waals surface area contributed by atoms with Gasteiger partial charge in [0.25, 0.3) is 0 Å². The highest BCUT2D eigenvalue weighted by Crippen LogP contribution is 2.71. The Morgan fingerprint density at radius 2 is 1.87 bits per heavy atom. The van der Waals surface area contributed by atoms with Crippen LogP contribution in [0.1, 0.15) is 64.9 Å². The molecule has 0 heterocycles. The van der Waals surface area contributed by atoms with Gasteiger partial charge in [0.2, 0.25) is 5.78 Å². The van der Waals surface area contributed by atoms with Crippen molar-refractivity contribution in [3.8, 4) is 0 Å². The topological polar surface area (TPSA) is 101 Å². The molecule has 2 N–H and O–H groups in total. The van der Waals surface area contributed by atoms with Crippen molar-refractivity contribution in [2.24, 2.45) is 28.6 Å². The Morgan fingerprint density at radius 3 is 2.53 bits per heavy atom. The Kier molecular flexibility index (Phi) is 6.35. The van der Waals surface area contributed by atoms with E-state index in [4.69, 9.17) is 4.74 Å². The molecular weight excluding hydrogens is 487 g/mol. The first-order valence-electron chi connectivity index (χ1n) is 13.6. The number of hydrogen-bond donors (Lipinski definition) is 2. The third-order valence-electron chi connectivity index (χ3n) is 10.7. The fourth-order valence-electron chi connectivity index (χ4n) is 8.64. The van der Waals surface area contributed by atoms with Gasteiger partial charge in [-0.1, -0.05) is 55.8 Å². The number of Topliss-reactive ketones (excluding diaryl/α,β-unsaturated/α-hetero) is 1. The minimum absolute atomic E-state index is 0.113. The maximum absolute atomic E-state index is 17.4. The number of aliphatic hydroxyl groups is 2. The third-order valence-corrected chi connectivity index (χ3v) is 10.7. The molecule has 3 fully saturated rings. The first-order valence-corrected chi connectivity index (χ1v) is 13.6. The van der Waals surface area contributed by atoms with Gasteiger partial charge in [0.15, 0.2) is 17.1 Å². The Hall–Kier alpha value is -2.64. The van der Waals surface area contributed by atoms with Crippen molar-refractivity contribution in [3.05, 3.63) is 59.7 Å². The highest BCUT2D eigenvalue weighted by atomic mass is 19.1. The quantitative estimate of drug-likeness (QED) is 0.559. The van der Waals surface area contributed by atoms with Crippen LogP contribution in [0.25, 0.3) is 0 Å². The SMILES string of the molecule is CC(C(=O)O[C@]1(C(=O)CO)[C@H](C)C[C@H]2[C@@H]3CCC4=CC(=O)C=C[C@]4(C)[C@@]3(F)[C@@H](O)C[C@@]21C)c1ccccc1. The summed E-state index contributed by atoms with van der Waals surface area (Å²) in [5.41, 5.74) is -4.59. The molecule has 0 amide bonds. The Labute approximate surface area is 223 Å². The molecule has 0 aromatic heterocycles. The van der Waals surface area contributed by atoms with E-state index < -0.39 is 64.3 Å². The molecule has 9 atom stereocenters. The monoisotopic (exact) mass is 524 g/mol. The molecule has 1 unspecified atom stereocenters. The number of carbonyl (C=O) groups excluding carboxylic acids is 3. The van der Waals surface area contributed by atoms with Crippen LogP contribution in [0.15, 0.2) is 54.1 Å². The summed E-state index contributed by atoms with van der Waals surface area (Å²) in [6, 6.07) is 9.11. The second kappa shape index (κ2) is 8.95. The lowest BCUT2D eigenvalue weighted by molar-refractivity contribution is -0.228. The van der Waals surface area contributed by atoms with E-state index in [1.54, 1.807) is 19.9 Å². The number of carbonyl (C=O) groups is 3. The molecule has 7 heteroatoms. The first kappa shape index (κ1) is 26.9. The molecule has 0 aliphatic heterocycles. The highest BCUT2D eigenvalue weighted by molar-refractivity contribution is 6.01. The third kappa shape index (κ3) is 3.33. The van der Waals surface area contributed by atoms with Gasteiger partial charge in [-0.25, -0.2) is 4.39 Å². The molecule has 1 aromatic rings. The van der Waals surface area contributed by atoms with Crippen LogP contribution in [0.2, 0.25) is 0 Å². The van der Waals surface area contributed by atoms with Crippen LogP contribution in [0, 0.1) is 28.6 Å². The summed E-state index contributed by atoms with van der Waals surface area (Å²) in [4.78, 5) is 39.2. The molecule has 38 heavy (non-hydrogen) atoms. The summed E-state index contributed by atoms with van der Waals surface area (Å²) in [6.07, 6.45) is 4.19. The molecule has 0 bridgehead atoms. The van der Waals surface area contributed by atoms with Crippen molar-refractivity contribution in [3.63, 3.8) is 0 Å². The van der Waals surface area contributed by atoms with Crippen molar-refractivity contribution in [2.75, 3.05) is 6.61 Å². The van der Waals surface area contributed by atoms with E-state index >= 15 is 4.39 Å². The highest BCUT2D eigenvalue weighted by Gasteiger charge is 2.77. The number of hydrogen-bond acceptors (Lipinski definition) is 6. The Morgan fingerprint density at radius 1 is 1.18 bits per heavy atom. The zero-order valence-corrected chi connectivity index (χ0v) is 22.4. The minimum Gasteiger partial charge on any atom is -0.450 e. The summed E-state index contributed by atoms with van der Waals surface area (Å²) in [7, 11) is 0. The number of esters is 1. The van der Waals surface area contributed by atoms with E-state index in [9.17, 15) is 24.6 Å². The van der Waals surface area contributed by atoms with Crippen molar-refractivity contribution in [2.45, 2.75) is 76.7 Å². The number of benzene rings is 1. The van der Waals surface area contributed by atoms with Crippen LogP contribution in [-0.4, -0.2) is 51.7 Å². The minimum atomic E-state index is -2.06. The average Bonchev–Trinajstić information content (AvgIpc) is 3.11. The van der Waals surface area contributed by atoms with Gasteiger partial charge >= 0.3 is 5.97 Å². The molecule has 5 rings (SSSR count). The number of fused-ring (bicyclic) bond motifs is 5. The van der Waals surface area contributed by atoms with Gasteiger partial charge in [0.1, 0.15) is 6.61 Å². The normalized spacial score (nSPS) is 42.4. The summed E-state index contributed by atoms with van der Waals surface area (Å²) < 4.78 is 23.7. The number of aliphatic hydroxyl groups excluding tert-OH is 2. The van der Waals surface area contributed by atoms with Gasteiger partial charge in [0.05, 0.1) is 12.0 Å². The van der Waals surface area contributed by atoms with Crippen molar-refractivity contribution in [1.29, 1.82) is 0 Å². The van der Waals surface area contributed by atoms with Gasteiger partial charge in [-0.3, -0.25) is 14.4 Å². The van der Waals surface area contributed by atoms with Crippen LogP contribution >= 0.6 is 0 Å². The fraction of sp³-hybridized carbons (Fsp3) is 0.581. The molecule has 4 aliphatic rings. The van der Waals surface area contributed by atoms with E-state index in [2.05, 4.69) is 0 Å². The predicted octanol–water partition coefficient (Wildman–Crippen LogP) is 4.25. The van der Waals surface area contributed by atoms with Gasteiger partial charge in [-0.2, -0.15) is 0 Å². The molecule has 0 saturated heterocycles. The Bertz CT molecular complexity index is 1220. The second-order valence-corrected chi connectivity index (χ2v) is 12.3. The molecule has 1 aromatic carbocycles. The number of ether oxygens (including phenoxy) is 1. The summed E-state index contributed by atoms with van der Waals surface area (Å²) in [5, 5.41) is 21.7. The van der Waals surface area contributed by atoms with Crippen molar-refractivity contribution in [1.82, 2.24) is 0 Å². The van der Waals surface area contributed by atoms with Crippen LogP contribution < -0.4 is 0 Å². The van der Waals surface area contributed by atoms with E-state index in [1.165, 1.54) is 12.2 Å². The average molecular weight is 525 g/mol. The number of allylic oxidation sites excluding steroid dienone is 4. The predicted molar refractivity (Wildman–Crippen MR) is 139 cm³/mol. The van der Waals surface area contributed by atoms with Crippen LogP contribution in [0.5, 0.6) is 0 Å². The van der Waals surface area contributed by atoms with Crippen LogP contribution in [0.4, 0.5) is 4.39 Å². The van der Waals surface area contributed by atoms with Crippen LogP contribution in [-0.2, 0) is 19.1 Å². The first-order chi connectivity index (χ1) is 17.9. The largest absolute Gasteiger partial charge is 0.450 e. The number of rotatable bonds is 5. The van der Waals surface area contributed by atoms with E-state index in [1.807, 2.05) is 44.2 Å². The molecule has 204 valence electrons. The standard InChI is InChI=1S/C31H37FO6/c1-18-14-24-23-11-10-21-15-22(34)12-13-28(21,3)30(23,32)25(35)16-29(24,4)31(18,26(36)17-33)38-27(37)19(2)20-8-6-5-7-9-20/h5-9,12-13,15,18-19,23-25,33,35H,10-11,14,16-17H2,1-4H3/t18-,19?,23+,24+,25+,28+,29+,30+,31+/m1/s1. The number of ketones is 2. The summed E-state index contributed by atoms with van der Waals surface area (Å²) in [5.74, 6) is -3.55. The lowest BCUT2D eigenvalue weighted by Gasteiger charge is -2.62. The molecule has 0 spiro atoms. The van der Waals surface area contributed by atoms with Gasteiger partial charge < -0.3 is 14.9 Å². The summed E-state index contributed by atoms with van der Waals surface area (Å²) in [6.45, 7) is 6.26. The maximum Gasteiger partial charge on any atom is 0.314 e. The smallest absolute Gasteiger partial charge is 0.314 e. The fourth-order valence-corrected chi connectivity index (χ4v) is 8.64. The molecule has 0 radical (unpaired) electrons. The number of halogens is 1. The second-order valence-electron chi connectivity index (χ2n) is 12.3. The maximum atomic E-state index is 17.4. The van der Waals surface area contributed by atoms with Gasteiger partial charge in [-0.05, 0) is 63.2 Å².